The molecule has 6 heteroatoms. The lowest BCUT2D eigenvalue weighted by Crippen LogP contribution is -2.31. The van der Waals surface area contributed by atoms with Crippen LogP contribution < -0.4 is 0 Å². The molecule has 1 heterocycles. The zero-order chi connectivity index (χ0) is 10.7. The third-order valence-electron chi connectivity index (χ3n) is 1.73. The second-order valence-electron chi connectivity index (χ2n) is 2.73. The second-order valence-corrected chi connectivity index (χ2v) is 4.08. The summed E-state index contributed by atoms with van der Waals surface area (Å²) in [4.78, 5) is 16.4. The molecule has 0 saturated carbocycles. The van der Waals surface area contributed by atoms with Crippen LogP contribution in [0.4, 0.5) is 0 Å². The number of rotatable bonds is 2. The highest BCUT2D eigenvalue weighted by molar-refractivity contribution is 9.11. The molecule has 4 nitrogen and oxygen atoms in total. The minimum Gasteiger partial charge on any atom is -0.287 e. The van der Waals surface area contributed by atoms with Gasteiger partial charge in [0.1, 0.15) is 0 Å². The van der Waals surface area contributed by atoms with Gasteiger partial charge in [-0.1, -0.05) is 0 Å². The molecule has 0 unspecified atom stereocenters. The van der Waals surface area contributed by atoms with Gasteiger partial charge in [0.2, 0.25) is 0 Å². The van der Waals surface area contributed by atoms with Gasteiger partial charge in [0.15, 0.2) is 0 Å². The van der Waals surface area contributed by atoms with Crippen molar-refractivity contribution in [1.29, 1.82) is 0 Å². The first-order valence-electron chi connectivity index (χ1n) is 3.87. The zero-order valence-electron chi connectivity index (χ0n) is 7.83. The molecule has 0 radical (unpaired) electrons. The topological polar surface area (TPSA) is 32.8 Å². The van der Waals surface area contributed by atoms with E-state index < -0.39 is 0 Å². The zero-order valence-corrected chi connectivity index (χ0v) is 10.2. The Labute approximate surface area is 95.9 Å². The highest BCUT2D eigenvalue weighted by Gasteiger charge is 2.19. The standard InChI is InChI=1S/C8H10BrClN2O2/c1-11(14-2)8(13)6-3-7(9)5-12(10)4-6/h3,5H,4H2,1-2H3. The van der Waals surface area contributed by atoms with E-state index in [1.54, 1.807) is 19.3 Å². The monoisotopic (exact) mass is 280 g/mol. The smallest absolute Gasteiger partial charge is 0.274 e. The quantitative estimate of drug-likeness (QED) is 0.570. The number of nitrogens with zero attached hydrogens (tertiary/aromatic N) is 2. The molecule has 0 aromatic rings. The molecule has 1 rings (SSSR count). The van der Waals surface area contributed by atoms with E-state index in [4.69, 9.17) is 16.6 Å². The van der Waals surface area contributed by atoms with Gasteiger partial charge in [-0.2, -0.15) is 0 Å². The largest absolute Gasteiger partial charge is 0.287 e. The van der Waals surface area contributed by atoms with Crippen molar-refractivity contribution < 1.29 is 9.63 Å². The lowest BCUT2D eigenvalue weighted by molar-refractivity contribution is -0.164. The predicted octanol–water partition coefficient (Wildman–Crippen LogP) is 1.64. The number of amides is 1. The van der Waals surface area contributed by atoms with Gasteiger partial charge in [0.25, 0.3) is 5.91 Å². The van der Waals surface area contributed by atoms with Crippen LogP contribution in [0.1, 0.15) is 0 Å². The average Bonchev–Trinajstić information content (AvgIpc) is 2.14. The van der Waals surface area contributed by atoms with Crippen LogP contribution in [0.15, 0.2) is 22.3 Å². The van der Waals surface area contributed by atoms with Crippen LogP contribution in [0.3, 0.4) is 0 Å². The summed E-state index contributed by atoms with van der Waals surface area (Å²) in [5, 5.41) is 1.15. The van der Waals surface area contributed by atoms with Gasteiger partial charge >= 0.3 is 0 Å². The fourth-order valence-electron chi connectivity index (χ4n) is 1.01. The number of allylic oxidation sites excluding steroid dienone is 2. The van der Waals surface area contributed by atoms with Crippen LogP contribution in [0.2, 0.25) is 0 Å². The summed E-state index contributed by atoms with van der Waals surface area (Å²) in [5.41, 5.74) is 0.568. The van der Waals surface area contributed by atoms with E-state index >= 15 is 0 Å². The molecule has 0 fully saturated rings. The van der Waals surface area contributed by atoms with Crippen molar-refractivity contribution in [2.45, 2.75) is 0 Å². The maximum Gasteiger partial charge on any atom is 0.274 e. The van der Waals surface area contributed by atoms with Crippen LogP contribution in [-0.4, -0.2) is 36.1 Å². The first kappa shape index (κ1) is 11.6. The summed E-state index contributed by atoms with van der Waals surface area (Å²) in [6.07, 6.45) is 3.40. The first-order valence-corrected chi connectivity index (χ1v) is 5.00. The van der Waals surface area contributed by atoms with Gasteiger partial charge in [-0.05, 0) is 22.0 Å². The third kappa shape index (κ3) is 2.73. The maximum atomic E-state index is 11.6. The molecule has 0 bridgehead atoms. The molecule has 0 aromatic heterocycles. The molecular formula is C8H10BrClN2O2. The van der Waals surface area contributed by atoms with Crippen molar-refractivity contribution in [2.24, 2.45) is 0 Å². The van der Waals surface area contributed by atoms with E-state index in [-0.39, 0.29) is 5.91 Å². The SMILES string of the molecule is CON(C)C(=O)C1=CC(Br)=CN(Cl)C1. The molecule has 1 aliphatic heterocycles. The number of halogens is 2. The van der Waals surface area contributed by atoms with E-state index in [0.29, 0.717) is 12.1 Å². The molecule has 78 valence electrons. The summed E-state index contributed by atoms with van der Waals surface area (Å²) >= 11 is 9.03. The van der Waals surface area contributed by atoms with Crippen molar-refractivity contribution >= 4 is 33.6 Å². The molecule has 0 spiro atoms. The van der Waals surface area contributed by atoms with Gasteiger partial charge < -0.3 is 0 Å². The Morgan fingerprint density at radius 1 is 1.79 bits per heavy atom. The van der Waals surface area contributed by atoms with Gasteiger partial charge in [-0.25, -0.2) is 5.06 Å². The predicted molar refractivity (Wildman–Crippen MR) is 57.4 cm³/mol. The van der Waals surface area contributed by atoms with E-state index in [1.165, 1.54) is 11.5 Å². The average molecular weight is 282 g/mol. The number of hydrogen-bond acceptors (Lipinski definition) is 3. The van der Waals surface area contributed by atoms with Gasteiger partial charge in [-0.15, -0.1) is 0 Å². The van der Waals surface area contributed by atoms with Crippen LogP contribution in [0.25, 0.3) is 0 Å². The summed E-state index contributed by atoms with van der Waals surface area (Å²) < 4.78 is 2.16. The number of carbonyl (C=O) groups excluding carboxylic acids is 1. The Morgan fingerprint density at radius 2 is 2.43 bits per heavy atom. The second kappa shape index (κ2) is 4.82. The fourth-order valence-corrected chi connectivity index (χ4v) is 1.88. The Kier molecular flexibility index (Phi) is 3.97. The van der Waals surface area contributed by atoms with E-state index in [9.17, 15) is 4.79 Å². The van der Waals surface area contributed by atoms with Crippen LogP contribution >= 0.6 is 27.7 Å². The van der Waals surface area contributed by atoms with Crippen molar-refractivity contribution in [3.8, 4) is 0 Å². The van der Waals surface area contributed by atoms with Gasteiger partial charge in [-0.3, -0.25) is 14.1 Å². The van der Waals surface area contributed by atoms with Crippen LogP contribution in [0, 0.1) is 0 Å². The molecule has 0 aliphatic carbocycles. The van der Waals surface area contributed by atoms with Crippen molar-refractivity contribution in [1.82, 2.24) is 9.48 Å². The molecule has 0 atom stereocenters. The minimum absolute atomic E-state index is 0.205. The number of hydrogen-bond donors (Lipinski definition) is 0. The number of likely N-dealkylation sites (N-methyl/N-ethyl adjacent to an activating group) is 1. The van der Waals surface area contributed by atoms with Gasteiger partial charge in [0.05, 0.1) is 13.7 Å². The fraction of sp³-hybridized carbons (Fsp3) is 0.375. The molecule has 0 aromatic carbocycles. The van der Waals surface area contributed by atoms with E-state index in [1.807, 2.05) is 0 Å². The molecule has 0 saturated heterocycles. The first-order chi connectivity index (χ1) is 6.54. The van der Waals surface area contributed by atoms with Crippen LogP contribution in [-0.2, 0) is 9.63 Å². The normalized spacial score (nSPS) is 16.1. The Morgan fingerprint density at radius 3 is 2.93 bits per heavy atom. The van der Waals surface area contributed by atoms with Gasteiger partial charge in [0, 0.05) is 35.1 Å². The molecule has 1 amide bonds. The lowest BCUT2D eigenvalue weighted by atomic mass is 10.2. The minimum atomic E-state index is -0.205. The number of carbonyl (C=O) groups is 1. The van der Waals surface area contributed by atoms with Crippen molar-refractivity contribution in [3.63, 3.8) is 0 Å². The molecule has 0 N–H and O–H groups in total. The Bertz CT molecular complexity index is 304. The molecule has 14 heavy (non-hydrogen) atoms. The molecule has 1 aliphatic rings. The summed E-state index contributed by atoms with van der Waals surface area (Å²) in [5.74, 6) is -0.205. The third-order valence-corrected chi connectivity index (χ3v) is 2.38. The van der Waals surface area contributed by atoms with E-state index in [2.05, 4.69) is 15.9 Å². The summed E-state index contributed by atoms with van der Waals surface area (Å²) in [7, 11) is 2.98. The van der Waals surface area contributed by atoms with Crippen molar-refractivity contribution in [2.75, 3.05) is 20.7 Å². The maximum absolute atomic E-state index is 11.6. The highest BCUT2D eigenvalue weighted by Crippen LogP contribution is 2.20. The van der Waals surface area contributed by atoms with E-state index in [0.717, 1.165) is 9.55 Å². The highest BCUT2D eigenvalue weighted by atomic mass is 79.9. The van der Waals surface area contributed by atoms with Crippen molar-refractivity contribution in [3.05, 3.63) is 22.3 Å². The number of hydroxylamine groups is 2. The lowest BCUT2D eigenvalue weighted by Gasteiger charge is -2.21. The molecular weight excluding hydrogens is 271 g/mol. The summed E-state index contributed by atoms with van der Waals surface area (Å²) in [6, 6.07) is 0. The van der Waals surface area contributed by atoms with Crippen LogP contribution in [0.5, 0.6) is 0 Å². The Balaban J connectivity index is 2.79. The summed E-state index contributed by atoms with van der Waals surface area (Å²) in [6.45, 7) is 0.364. The Hall–Kier alpha value is -0.520.